The van der Waals surface area contributed by atoms with Crippen molar-refractivity contribution < 1.29 is 8.42 Å². The summed E-state index contributed by atoms with van der Waals surface area (Å²) in [5, 5.41) is 9.33. The molecule has 0 radical (unpaired) electrons. The lowest BCUT2D eigenvalue weighted by atomic mass is 10.7. The molecule has 2 rings (SSSR count). The maximum Gasteiger partial charge on any atom is 0.308 e. The number of aromatic nitrogens is 5. The zero-order chi connectivity index (χ0) is 11.4. The summed E-state index contributed by atoms with van der Waals surface area (Å²) in [5.74, 6) is 0. The molecule has 0 atom stereocenters. The van der Waals surface area contributed by atoms with Crippen LogP contribution in [0.25, 0.3) is 0 Å². The lowest BCUT2D eigenvalue weighted by Gasteiger charge is -1.70. The largest absolute Gasteiger partial charge is 0.308 e. The molecule has 2 N–H and O–H groups in total. The molecule has 15 heavy (non-hydrogen) atoms. The number of aromatic amines is 1. The minimum atomic E-state index is -2.61. The van der Waals surface area contributed by atoms with E-state index in [1.165, 1.54) is 6.33 Å². The topological polar surface area (TPSA) is 125 Å². The first-order valence-corrected chi connectivity index (χ1v) is 4.61. The van der Waals surface area contributed by atoms with E-state index in [9.17, 15) is 0 Å². The summed E-state index contributed by atoms with van der Waals surface area (Å²) in [7, 11) is -2.61. The summed E-state index contributed by atoms with van der Waals surface area (Å²) >= 11 is 0. The van der Waals surface area contributed by atoms with Gasteiger partial charge in [0.2, 0.25) is 0 Å². The molecule has 0 unspecified atom stereocenters. The van der Waals surface area contributed by atoms with Crippen molar-refractivity contribution in [2.45, 2.75) is 0 Å². The van der Waals surface area contributed by atoms with Gasteiger partial charge in [0.1, 0.15) is 6.33 Å². The summed E-state index contributed by atoms with van der Waals surface area (Å²) in [6, 6.07) is 1.78. The molecule has 2 aromatic heterocycles. The molecule has 8 nitrogen and oxygen atoms in total. The molecule has 0 aliphatic heterocycles. The van der Waals surface area contributed by atoms with Crippen LogP contribution in [-0.4, -0.2) is 33.8 Å². The number of hydrogen-bond donors (Lipinski definition) is 2. The van der Waals surface area contributed by atoms with Gasteiger partial charge in [-0.3, -0.25) is 0 Å². The molecule has 0 aromatic carbocycles. The molecule has 0 saturated carbocycles. The van der Waals surface area contributed by atoms with Gasteiger partial charge in [-0.05, 0) is 6.07 Å². The molecule has 2 aromatic rings. The fraction of sp³-hybridized carbons (Fsp3) is 0. The highest BCUT2D eigenvalue weighted by Gasteiger charge is 1.59. The molecular weight excluding hydrogens is 220 g/mol. The number of rotatable bonds is 0. The molecule has 0 saturated heterocycles. The first-order valence-electron chi connectivity index (χ1n) is 3.53. The van der Waals surface area contributed by atoms with E-state index < -0.39 is 10.5 Å². The Morgan fingerprint density at radius 3 is 1.60 bits per heavy atom. The Bertz CT molecular complexity index is 362. The quantitative estimate of drug-likeness (QED) is 0.649. The van der Waals surface area contributed by atoms with Crippen molar-refractivity contribution >= 4 is 10.5 Å². The first-order chi connectivity index (χ1) is 7.23. The Labute approximate surface area is 86.9 Å². The molecule has 0 fully saturated rings. The van der Waals surface area contributed by atoms with E-state index >= 15 is 0 Å². The second-order valence-corrected chi connectivity index (χ2v) is 2.26. The Hall–Kier alpha value is -2.16. The van der Waals surface area contributed by atoms with Gasteiger partial charge in [0.25, 0.3) is 0 Å². The third-order valence-corrected chi connectivity index (χ3v) is 0.809. The predicted molar refractivity (Wildman–Crippen MR) is 50.1 cm³/mol. The molecule has 9 heteroatoms. The molecule has 0 amide bonds. The molecule has 0 bridgehead atoms. The summed E-state index contributed by atoms with van der Waals surface area (Å²) in [4.78, 5) is 7.35. The van der Waals surface area contributed by atoms with Gasteiger partial charge in [0.15, 0.2) is 0 Å². The smallest absolute Gasteiger partial charge is 0.245 e. The SMILES string of the molecule is N=S(=O)=O.c1cn[nH]n1.c1cncnc1. The molecule has 2 heterocycles. The van der Waals surface area contributed by atoms with Crippen molar-refractivity contribution in [2.24, 2.45) is 0 Å². The van der Waals surface area contributed by atoms with Gasteiger partial charge in [-0.1, -0.05) is 0 Å². The van der Waals surface area contributed by atoms with Crippen LogP contribution in [-0.2, 0) is 10.5 Å². The third kappa shape index (κ3) is 14.7. The highest BCUT2D eigenvalue weighted by atomic mass is 32.2. The van der Waals surface area contributed by atoms with E-state index in [-0.39, 0.29) is 0 Å². The van der Waals surface area contributed by atoms with Crippen LogP contribution in [0.1, 0.15) is 0 Å². The van der Waals surface area contributed by atoms with Gasteiger partial charge in [-0.25, -0.2) is 9.97 Å². The second kappa shape index (κ2) is 9.92. The van der Waals surface area contributed by atoms with E-state index in [1.807, 2.05) is 0 Å². The van der Waals surface area contributed by atoms with E-state index in [4.69, 9.17) is 13.2 Å². The number of hydrogen-bond acceptors (Lipinski definition) is 7. The van der Waals surface area contributed by atoms with Crippen molar-refractivity contribution in [1.29, 1.82) is 4.78 Å². The molecule has 0 aliphatic carbocycles. The standard InChI is InChI=1S/C4H4N2.C2H3N3.HNO2S/c1-2-5-4-6-3-1;1-2-4-5-3-1;1-4(2)3/h1-4H;1-2H,(H,3,4,5);1H. The van der Waals surface area contributed by atoms with Crippen molar-refractivity contribution in [3.63, 3.8) is 0 Å². The van der Waals surface area contributed by atoms with Gasteiger partial charge < -0.3 is 0 Å². The van der Waals surface area contributed by atoms with Crippen molar-refractivity contribution in [3.8, 4) is 0 Å². The average Bonchev–Trinajstić information content (AvgIpc) is 2.77. The number of nitrogens with zero attached hydrogens (tertiary/aromatic N) is 4. The van der Waals surface area contributed by atoms with Crippen LogP contribution in [0.5, 0.6) is 0 Å². The summed E-state index contributed by atoms with van der Waals surface area (Å²) in [5.41, 5.74) is 0. The van der Waals surface area contributed by atoms with Crippen LogP contribution in [0, 0.1) is 4.78 Å². The zero-order valence-electron chi connectivity index (χ0n) is 7.48. The average molecular weight is 228 g/mol. The maximum atomic E-state index is 8.67. The van der Waals surface area contributed by atoms with E-state index in [2.05, 4.69) is 25.4 Å². The van der Waals surface area contributed by atoms with E-state index in [1.54, 1.807) is 30.9 Å². The monoisotopic (exact) mass is 228 g/mol. The maximum absolute atomic E-state index is 8.67. The first kappa shape index (κ1) is 12.8. The van der Waals surface area contributed by atoms with Crippen LogP contribution >= 0.6 is 0 Å². The van der Waals surface area contributed by atoms with Crippen LogP contribution in [0.4, 0.5) is 0 Å². The van der Waals surface area contributed by atoms with Gasteiger partial charge >= 0.3 is 10.5 Å². The van der Waals surface area contributed by atoms with Gasteiger partial charge in [0, 0.05) is 12.4 Å². The van der Waals surface area contributed by atoms with Crippen LogP contribution in [0.3, 0.4) is 0 Å². The van der Waals surface area contributed by atoms with Crippen molar-refractivity contribution in [1.82, 2.24) is 25.4 Å². The summed E-state index contributed by atoms with van der Waals surface area (Å²) < 4.78 is 22.8. The van der Waals surface area contributed by atoms with Crippen molar-refractivity contribution in [3.05, 3.63) is 37.2 Å². The number of H-pyrrole nitrogens is 1. The molecule has 80 valence electrons. The normalized spacial score (nSPS) is 7.47. The molecular formula is C6H8N6O2S. The molecule has 0 spiro atoms. The van der Waals surface area contributed by atoms with E-state index in [0.29, 0.717) is 0 Å². The van der Waals surface area contributed by atoms with Crippen LogP contribution in [0.2, 0.25) is 0 Å². The Morgan fingerprint density at radius 1 is 1.00 bits per heavy atom. The highest BCUT2D eigenvalue weighted by molar-refractivity contribution is 7.60. The number of nitrogens with one attached hydrogen (secondary N) is 2. The summed E-state index contributed by atoms with van der Waals surface area (Å²) in [6.07, 6.45) is 8.04. The van der Waals surface area contributed by atoms with Crippen LogP contribution < -0.4 is 0 Å². The Kier molecular flexibility index (Phi) is 8.50. The van der Waals surface area contributed by atoms with Gasteiger partial charge in [0.05, 0.1) is 12.4 Å². The minimum Gasteiger partial charge on any atom is -0.245 e. The third-order valence-electron chi connectivity index (χ3n) is 0.809. The molecule has 0 aliphatic rings. The Morgan fingerprint density at radius 2 is 1.47 bits per heavy atom. The van der Waals surface area contributed by atoms with E-state index in [0.717, 1.165) is 0 Å². The second-order valence-electron chi connectivity index (χ2n) is 1.80. The van der Waals surface area contributed by atoms with Crippen LogP contribution in [0.15, 0.2) is 37.2 Å². The van der Waals surface area contributed by atoms with Gasteiger partial charge in [-0.15, -0.1) is 0 Å². The minimum absolute atomic E-state index is 1.50. The van der Waals surface area contributed by atoms with Crippen molar-refractivity contribution in [2.75, 3.05) is 0 Å². The van der Waals surface area contributed by atoms with Gasteiger partial charge in [-0.2, -0.15) is 28.6 Å². The summed E-state index contributed by atoms with van der Waals surface area (Å²) in [6.45, 7) is 0. The predicted octanol–water partition coefficient (Wildman–Crippen LogP) is -0.0908. The fourth-order valence-corrected chi connectivity index (χ4v) is 0.420. The zero-order valence-corrected chi connectivity index (χ0v) is 8.29. The lowest BCUT2D eigenvalue weighted by Crippen LogP contribution is -1.66. The highest BCUT2D eigenvalue weighted by Crippen LogP contribution is 1.66. The lowest BCUT2D eigenvalue weighted by molar-refractivity contribution is 0.620. The Balaban J connectivity index is 0.000000202. The fourth-order valence-electron chi connectivity index (χ4n) is 0.420.